The summed E-state index contributed by atoms with van der Waals surface area (Å²) < 4.78 is 23.1. The van der Waals surface area contributed by atoms with Crippen LogP contribution in [0.25, 0.3) is 16.9 Å². The molecule has 4 aromatic rings. The number of aryl methyl sites for hydroxylation is 1. The van der Waals surface area contributed by atoms with E-state index in [2.05, 4.69) is 69.1 Å². The number of aromatic nitrogens is 4. The molecule has 6 rings (SSSR count). The molecule has 2 aliphatic rings. The molecule has 1 saturated heterocycles. The number of benzene rings is 2. The van der Waals surface area contributed by atoms with E-state index in [0.29, 0.717) is 43.8 Å². The zero-order chi connectivity index (χ0) is 33.4. The highest BCUT2D eigenvalue weighted by Crippen LogP contribution is 2.42. The second-order valence-electron chi connectivity index (χ2n) is 14.6. The molecule has 2 aromatic carbocycles. The normalized spacial score (nSPS) is 22.1. The lowest BCUT2D eigenvalue weighted by atomic mass is 9.89. The lowest BCUT2D eigenvalue weighted by Crippen LogP contribution is -2.53. The minimum Gasteiger partial charge on any atom is -0.409 e. The van der Waals surface area contributed by atoms with Crippen molar-refractivity contribution < 1.29 is 13.9 Å². The summed E-state index contributed by atoms with van der Waals surface area (Å²) in [6, 6.07) is 18.0. The first-order chi connectivity index (χ1) is 22.4. The van der Waals surface area contributed by atoms with Crippen LogP contribution in [0, 0.1) is 11.3 Å². The highest BCUT2D eigenvalue weighted by atomic mass is 28.4. The van der Waals surface area contributed by atoms with Gasteiger partial charge in [-0.15, -0.1) is 0 Å². The minimum atomic E-state index is -1.93. The minimum absolute atomic E-state index is 0.00196. The van der Waals surface area contributed by atoms with Crippen molar-refractivity contribution in [2.75, 3.05) is 13.2 Å². The Labute approximate surface area is 278 Å². The third-order valence-corrected chi connectivity index (χ3v) is 15.0. The van der Waals surface area contributed by atoms with E-state index in [1.54, 1.807) is 6.33 Å². The summed E-state index contributed by atoms with van der Waals surface area (Å²) in [4.78, 5) is 19.0. The van der Waals surface area contributed by atoms with Gasteiger partial charge in [-0.25, -0.2) is 4.52 Å². The Morgan fingerprint density at radius 3 is 2.38 bits per heavy atom. The zero-order valence-electron chi connectivity index (χ0n) is 28.6. The highest BCUT2D eigenvalue weighted by molar-refractivity contribution is 6.74. The van der Waals surface area contributed by atoms with Crippen molar-refractivity contribution in [1.29, 1.82) is 5.26 Å². The summed E-state index contributed by atoms with van der Waals surface area (Å²) in [6.45, 7) is 14.4. The van der Waals surface area contributed by atoms with Crippen LogP contribution >= 0.6 is 0 Å². The number of nitriles is 1. The second kappa shape index (κ2) is 13.1. The monoisotopic (exact) mass is 653 g/mol. The van der Waals surface area contributed by atoms with Crippen molar-refractivity contribution in [2.24, 2.45) is 0 Å². The molecule has 0 atom stereocenters. The molecule has 0 radical (unpaired) electrons. The van der Waals surface area contributed by atoms with E-state index in [4.69, 9.17) is 13.9 Å². The van der Waals surface area contributed by atoms with Crippen LogP contribution in [0.1, 0.15) is 88.2 Å². The Balaban J connectivity index is 1.23. The highest BCUT2D eigenvalue weighted by Gasteiger charge is 2.45. The van der Waals surface area contributed by atoms with Gasteiger partial charge in [-0.2, -0.15) is 15.3 Å². The molecule has 0 amide bonds. The van der Waals surface area contributed by atoms with Crippen LogP contribution in [0.15, 0.2) is 59.7 Å². The molecule has 0 unspecified atom stereocenters. The van der Waals surface area contributed by atoms with Gasteiger partial charge in [-0.3, -0.25) is 9.36 Å². The number of nitrogens with zero attached hydrogens (tertiary/aromatic N) is 5. The molecule has 1 spiro atoms. The van der Waals surface area contributed by atoms with Gasteiger partial charge in [0.15, 0.2) is 14.1 Å². The Kier molecular flexibility index (Phi) is 9.29. The Morgan fingerprint density at radius 1 is 1.06 bits per heavy atom. The quantitative estimate of drug-likeness (QED) is 0.185. The Hall–Kier alpha value is -3.62. The van der Waals surface area contributed by atoms with Crippen LogP contribution in [0.3, 0.4) is 0 Å². The van der Waals surface area contributed by atoms with E-state index < -0.39 is 14.1 Å². The van der Waals surface area contributed by atoms with Crippen molar-refractivity contribution in [2.45, 2.75) is 109 Å². The molecule has 1 aliphatic heterocycles. The average Bonchev–Trinajstić information content (AvgIpc) is 3.54. The third-order valence-electron chi connectivity index (χ3n) is 10.4. The Morgan fingerprint density at radius 2 is 1.74 bits per heavy atom. The van der Waals surface area contributed by atoms with Crippen molar-refractivity contribution in [3.63, 3.8) is 0 Å². The predicted molar refractivity (Wildman–Crippen MR) is 185 cm³/mol. The number of hydrogen-bond acceptors (Lipinski definition) is 7. The summed E-state index contributed by atoms with van der Waals surface area (Å²) in [7, 11) is -1.93. The lowest BCUT2D eigenvalue weighted by Gasteiger charge is -2.46. The van der Waals surface area contributed by atoms with Crippen LogP contribution in [0.5, 0.6) is 0 Å². The fourth-order valence-electron chi connectivity index (χ4n) is 6.75. The molecule has 0 N–H and O–H groups in total. The van der Waals surface area contributed by atoms with E-state index in [0.717, 1.165) is 53.6 Å². The van der Waals surface area contributed by atoms with Gasteiger partial charge in [-0.05, 0) is 60.2 Å². The molecule has 10 heteroatoms. The van der Waals surface area contributed by atoms with Gasteiger partial charge in [0.2, 0.25) is 5.78 Å². The predicted octanol–water partition coefficient (Wildman–Crippen LogP) is 7.22. The SMILES string of the molecule is CCCc1c(Cc2ccc(-c3ccccc3C#N)cc2)c(=O)n(C2CCC3(CC2)OCC(O[Si](C)(C)C(C)(C)C)CO3)c2ncnn12. The standard InChI is InChI=1S/C37H47N5O4Si/c1-7-10-33-32(21-26-13-15-27(16-14-26)31-12-9-8-11-28(31)22-38)34(43)41(35-39-25-40-42(33)35)29-17-19-37(20-18-29)44-23-30(24-45-37)46-47(5,6)36(2,3)4/h8-9,11-16,25,29-30H,7,10,17-21,23-24H2,1-6H3. The maximum atomic E-state index is 14.4. The zero-order valence-corrected chi connectivity index (χ0v) is 29.6. The molecule has 1 saturated carbocycles. The van der Waals surface area contributed by atoms with Crippen LogP contribution in [-0.2, 0) is 26.7 Å². The molecule has 1 aliphatic carbocycles. The van der Waals surface area contributed by atoms with E-state index >= 15 is 0 Å². The molecular weight excluding hydrogens is 607 g/mol. The van der Waals surface area contributed by atoms with E-state index in [1.165, 1.54) is 0 Å². The maximum Gasteiger partial charge on any atom is 0.259 e. The van der Waals surface area contributed by atoms with Gasteiger partial charge in [0.05, 0.1) is 36.6 Å². The number of rotatable bonds is 8. The molecule has 2 fully saturated rings. The molecule has 248 valence electrons. The molecule has 0 bridgehead atoms. The van der Waals surface area contributed by atoms with Gasteiger partial charge in [0.25, 0.3) is 5.56 Å². The number of fused-ring (bicyclic) bond motifs is 1. The van der Waals surface area contributed by atoms with Crippen LogP contribution in [0.4, 0.5) is 0 Å². The van der Waals surface area contributed by atoms with Crippen molar-refractivity contribution in [1.82, 2.24) is 19.2 Å². The van der Waals surface area contributed by atoms with Crippen molar-refractivity contribution in [3.8, 4) is 17.2 Å². The van der Waals surface area contributed by atoms with Crippen LogP contribution in [0.2, 0.25) is 18.1 Å². The fraction of sp³-hybridized carbons (Fsp3) is 0.514. The first-order valence-electron chi connectivity index (χ1n) is 17.0. The van der Waals surface area contributed by atoms with Crippen LogP contribution in [-0.4, -0.2) is 52.6 Å². The first kappa shape index (κ1) is 33.3. The Bertz CT molecular complexity index is 1810. The largest absolute Gasteiger partial charge is 0.409 e. The van der Waals surface area contributed by atoms with Crippen molar-refractivity contribution in [3.05, 3.63) is 87.6 Å². The van der Waals surface area contributed by atoms with Crippen molar-refractivity contribution >= 4 is 14.1 Å². The third kappa shape index (κ3) is 6.59. The average molecular weight is 654 g/mol. The van der Waals surface area contributed by atoms with Gasteiger partial charge < -0.3 is 13.9 Å². The van der Waals surface area contributed by atoms with Gasteiger partial charge in [-0.1, -0.05) is 76.6 Å². The molecular formula is C37H47N5O4Si. The topological polar surface area (TPSA) is 104 Å². The van der Waals surface area contributed by atoms with E-state index in [9.17, 15) is 10.1 Å². The molecule has 3 heterocycles. The number of hydrogen-bond donors (Lipinski definition) is 0. The summed E-state index contributed by atoms with van der Waals surface area (Å²) >= 11 is 0. The van der Waals surface area contributed by atoms with Crippen LogP contribution < -0.4 is 5.56 Å². The molecule has 9 nitrogen and oxygen atoms in total. The maximum absolute atomic E-state index is 14.4. The fourth-order valence-corrected chi connectivity index (χ4v) is 8.07. The van der Waals surface area contributed by atoms with E-state index in [-0.39, 0.29) is 22.7 Å². The summed E-state index contributed by atoms with van der Waals surface area (Å²) in [5, 5.41) is 14.3. The second-order valence-corrected chi connectivity index (χ2v) is 19.4. The van der Waals surface area contributed by atoms with Gasteiger partial charge in [0.1, 0.15) is 6.33 Å². The van der Waals surface area contributed by atoms with E-state index in [1.807, 2.05) is 45.5 Å². The molecule has 47 heavy (non-hydrogen) atoms. The first-order valence-corrected chi connectivity index (χ1v) is 19.9. The summed E-state index contributed by atoms with van der Waals surface area (Å²) in [5.74, 6) is -0.0336. The number of ether oxygens (including phenoxy) is 2. The summed E-state index contributed by atoms with van der Waals surface area (Å²) in [5.41, 5.74) is 5.23. The molecule has 2 aromatic heterocycles. The van der Waals surface area contributed by atoms with Gasteiger partial charge in [0, 0.05) is 30.9 Å². The lowest BCUT2D eigenvalue weighted by molar-refractivity contribution is -0.303. The van der Waals surface area contributed by atoms with Gasteiger partial charge >= 0.3 is 0 Å². The smallest absolute Gasteiger partial charge is 0.259 e. The summed E-state index contributed by atoms with van der Waals surface area (Å²) in [6.07, 6.45) is 6.50.